The summed E-state index contributed by atoms with van der Waals surface area (Å²) in [5.41, 5.74) is 12.8. The van der Waals surface area contributed by atoms with Gasteiger partial charge in [0.05, 0.1) is 5.69 Å². The molecule has 0 atom stereocenters. The monoisotopic (exact) mass is 440 g/mol. The van der Waals surface area contributed by atoms with E-state index in [1.807, 2.05) is 0 Å². The summed E-state index contributed by atoms with van der Waals surface area (Å²) in [5, 5.41) is 0. The molecule has 3 heteroatoms. The molecule has 2 aromatic heterocycles. The van der Waals surface area contributed by atoms with Gasteiger partial charge < -0.3 is 0 Å². The van der Waals surface area contributed by atoms with Crippen molar-refractivity contribution in [1.82, 2.24) is 9.55 Å². The molecule has 2 heterocycles. The molecule has 0 saturated carbocycles. The predicted octanol–water partition coefficient (Wildman–Crippen LogP) is 7.25. The van der Waals surface area contributed by atoms with E-state index < -0.39 is 0 Å². The van der Waals surface area contributed by atoms with Gasteiger partial charge in [0, 0.05) is 18.1 Å². The molecular weight excluding hydrogens is 402 g/mol. The molecule has 0 unspecified atom stereocenters. The number of aromatic nitrogens is 3. The van der Waals surface area contributed by atoms with E-state index in [1.54, 1.807) is 0 Å². The van der Waals surface area contributed by atoms with Gasteiger partial charge in [0.15, 0.2) is 6.20 Å². The molecule has 172 valence electrons. The summed E-state index contributed by atoms with van der Waals surface area (Å²) < 4.78 is 4.70. The van der Waals surface area contributed by atoms with E-state index in [0.717, 1.165) is 17.8 Å². The molecule has 0 aliphatic rings. The maximum absolute atomic E-state index is 5.16. The molecule has 0 radical (unpaired) electrons. The van der Waals surface area contributed by atoms with Crippen LogP contribution in [0.3, 0.4) is 0 Å². The third-order valence-corrected chi connectivity index (χ3v) is 6.95. The van der Waals surface area contributed by atoms with E-state index in [0.29, 0.717) is 11.8 Å². The van der Waals surface area contributed by atoms with Crippen LogP contribution in [-0.2, 0) is 13.5 Å². The van der Waals surface area contributed by atoms with Gasteiger partial charge in [0.25, 0.3) is 0 Å². The second-order valence-electron chi connectivity index (χ2n) is 10.1. The molecule has 4 rings (SSSR count). The van der Waals surface area contributed by atoms with Crippen LogP contribution >= 0.6 is 0 Å². The van der Waals surface area contributed by atoms with Crippen LogP contribution in [0, 0.1) is 20.8 Å². The number of nitrogens with zero attached hydrogens (tertiary/aromatic N) is 3. The highest BCUT2D eigenvalue weighted by molar-refractivity contribution is 5.81. The molecule has 0 N–H and O–H groups in total. The van der Waals surface area contributed by atoms with Gasteiger partial charge >= 0.3 is 0 Å². The third-order valence-electron chi connectivity index (χ3n) is 6.95. The van der Waals surface area contributed by atoms with Crippen LogP contribution in [0.4, 0.5) is 0 Å². The molecule has 0 amide bonds. The highest BCUT2D eigenvalue weighted by Crippen LogP contribution is 2.35. The molecule has 0 bridgehead atoms. The fourth-order valence-corrected chi connectivity index (χ4v) is 5.04. The number of pyridine rings is 1. The van der Waals surface area contributed by atoms with Crippen LogP contribution in [0.1, 0.15) is 80.1 Å². The van der Waals surface area contributed by atoms with Gasteiger partial charge in [-0.3, -0.25) is 4.57 Å². The largest absolute Gasteiger partial charge is 0.291 e. The lowest BCUT2D eigenvalue weighted by molar-refractivity contribution is -0.659. The summed E-state index contributed by atoms with van der Waals surface area (Å²) in [4.78, 5) is 5.16. The maximum Gasteiger partial charge on any atom is 0.214 e. The van der Waals surface area contributed by atoms with E-state index in [4.69, 9.17) is 4.98 Å². The molecule has 2 aromatic carbocycles. The summed E-state index contributed by atoms with van der Waals surface area (Å²) >= 11 is 0. The van der Waals surface area contributed by atoms with Crippen LogP contribution in [0.2, 0.25) is 0 Å². The molecule has 0 fully saturated rings. The average Bonchev–Trinajstić information content (AvgIpc) is 3.12. The van der Waals surface area contributed by atoms with Crippen LogP contribution in [0.25, 0.3) is 28.0 Å². The van der Waals surface area contributed by atoms with E-state index in [2.05, 4.69) is 114 Å². The van der Waals surface area contributed by atoms with Gasteiger partial charge in [-0.2, -0.15) is 4.57 Å². The molecule has 33 heavy (non-hydrogen) atoms. The van der Waals surface area contributed by atoms with Gasteiger partial charge in [0.1, 0.15) is 23.9 Å². The summed E-state index contributed by atoms with van der Waals surface area (Å²) in [6.45, 7) is 17.9. The van der Waals surface area contributed by atoms with Gasteiger partial charge in [-0.1, -0.05) is 64.4 Å². The normalized spacial score (nSPS) is 11.8. The fraction of sp³-hybridized carbons (Fsp3) is 0.400. The van der Waals surface area contributed by atoms with Crippen molar-refractivity contribution in [1.29, 1.82) is 0 Å². The average molecular weight is 441 g/mol. The Morgan fingerprint density at radius 2 is 1.58 bits per heavy atom. The summed E-state index contributed by atoms with van der Waals surface area (Å²) in [6, 6.07) is 13.6. The molecule has 0 aliphatic heterocycles. The van der Waals surface area contributed by atoms with Crippen molar-refractivity contribution in [3.63, 3.8) is 0 Å². The fourth-order valence-electron chi connectivity index (χ4n) is 5.04. The highest BCUT2D eigenvalue weighted by atomic mass is 15.1. The minimum Gasteiger partial charge on any atom is -0.291 e. The predicted molar refractivity (Wildman–Crippen MR) is 139 cm³/mol. The van der Waals surface area contributed by atoms with E-state index in [1.165, 1.54) is 50.3 Å². The Bertz CT molecular complexity index is 1310. The number of imidazole rings is 1. The second kappa shape index (κ2) is 8.78. The zero-order chi connectivity index (χ0) is 24.0. The van der Waals surface area contributed by atoms with Crippen molar-refractivity contribution >= 4 is 11.0 Å². The standard InChI is InChI=1S/C30H38N3/c1-10-29-31-26-16-27(25-15-20(6)14-21(7)22(25)8)32(9)17-28(26)33(29)30-23(18(2)3)12-11-13-24(30)19(4)5/h11-19H,10H2,1-9H3/q+1. The van der Waals surface area contributed by atoms with Crippen LogP contribution < -0.4 is 4.57 Å². The Kier molecular flexibility index (Phi) is 6.18. The van der Waals surface area contributed by atoms with E-state index >= 15 is 0 Å². The lowest BCUT2D eigenvalue weighted by Gasteiger charge is -2.22. The Labute approximate surface area is 199 Å². The second-order valence-corrected chi connectivity index (χ2v) is 10.1. The summed E-state index contributed by atoms with van der Waals surface area (Å²) in [7, 11) is 2.16. The molecule has 0 saturated heterocycles. The third kappa shape index (κ3) is 3.99. The molecule has 0 aliphatic carbocycles. The minimum atomic E-state index is 0.437. The number of fused-ring (bicyclic) bond motifs is 1. The molecule has 0 spiro atoms. The maximum atomic E-state index is 5.16. The van der Waals surface area contributed by atoms with Gasteiger partial charge in [-0.05, 0) is 60.9 Å². The zero-order valence-electron chi connectivity index (χ0n) is 21.7. The zero-order valence-corrected chi connectivity index (χ0v) is 21.7. The first-order valence-corrected chi connectivity index (χ1v) is 12.3. The lowest BCUT2D eigenvalue weighted by atomic mass is 9.92. The first-order chi connectivity index (χ1) is 15.6. The Hall–Kier alpha value is -2.94. The number of hydrogen-bond donors (Lipinski definition) is 0. The Balaban J connectivity index is 2.06. The van der Waals surface area contributed by atoms with Crippen molar-refractivity contribution in [2.24, 2.45) is 7.05 Å². The van der Waals surface area contributed by atoms with E-state index in [-0.39, 0.29) is 0 Å². The molecular formula is C30H38N3+. The summed E-state index contributed by atoms with van der Waals surface area (Å²) in [5.74, 6) is 1.99. The Morgan fingerprint density at radius 1 is 0.939 bits per heavy atom. The van der Waals surface area contributed by atoms with Crippen molar-refractivity contribution in [3.8, 4) is 16.9 Å². The number of para-hydroxylation sites is 1. The quantitative estimate of drug-likeness (QED) is 0.299. The highest BCUT2D eigenvalue weighted by Gasteiger charge is 2.24. The minimum absolute atomic E-state index is 0.437. The van der Waals surface area contributed by atoms with Crippen molar-refractivity contribution < 1.29 is 4.57 Å². The van der Waals surface area contributed by atoms with Gasteiger partial charge in [0.2, 0.25) is 5.69 Å². The van der Waals surface area contributed by atoms with Crippen LogP contribution in [0.5, 0.6) is 0 Å². The van der Waals surface area contributed by atoms with Crippen LogP contribution in [-0.4, -0.2) is 9.55 Å². The van der Waals surface area contributed by atoms with Crippen LogP contribution in [0.15, 0.2) is 42.6 Å². The number of rotatable bonds is 5. The number of hydrogen-bond acceptors (Lipinski definition) is 1. The van der Waals surface area contributed by atoms with Crippen molar-refractivity contribution in [3.05, 3.63) is 76.2 Å². The first-order valence-electron chi connectivity index (χ1n) is 12.3. The van der Waals surface area contributed by atoms with Crippen molar-refractivity contribution in [2.45, 2.75) is 73.6 Å². The number of aryl methyl sites for hydroxylation is 4. The van der Waals surface area contributed by atoms with Gasteiger partial charge in [-0.25, -0.2) is 4.98 Å². The summed E-state index contributed by atoms with van der Waals surface area (Å²) in [6.07, 6.45) is 3.16. The number of benzene rings is 2. The first kappa shape index (κ1) is 23.2. The molecule has 4 aromatic rings. The lowest BCUT2D eigenvalue weighted by Crippen LogP contribution is -2.31. The van der Waals surface area contributed by atoms with Gasteiger partial charge in [-0.15, -0.1) is 0 Å². The smallest absolute Gasteiger partial charge is 0.214 e. The Morgan fingerprint density at radius 3 is 2.15 bits per heavy atom. The SMILES string of the molecule is CCc1nc2cc(-c3cc(C)cc(C)c3C)[n+](C)cc2n1-c1c(C(C)C)cccc1C(C)C. The molecule has 3 nitrogen and oxygen atoms in total. The van der Waals surface area contributed by atoms with Crippen molar-refractivity contribution in [2.75, 3.05) is 0 Å². The van der Waals surface area contributed by atoms with E-state index in [9.17, 15) is 0 Å². The topological polar surface area (TPSA) is 21.7 Å².